The first-order valence-electron chi connectivity index (χ1n) is 4.05. The number of aromatic nitrogens is 1. The van der Waals surface area contributed by atoms with Crippen LogP contribution in [0.3, 0.4) is 0 Å². The van der Waals surface area contributed by atoms with E-state index < -0.39 is 0 Å². The third-order valence-corrected chi connectivity index (χ3v) is 2.72. The molecule has 0 saturated carbocycles. The van der Waals surface area contributed by atoms with E-state index in [1.54, 1.807) is 6.20 Å². The SMILES string of the molecule is Cl.Cl.NCc1nccc2c(Br)cccc12. The van der Waals surface area contributed by atoms with Crippen molar-refractivity contribution in [2.24, 2.45) is 5.73 Å². The zero-order valence-corrected chi connectivity index (χ0v) is 11.0. The van der Waals surface area contributed by atoms with Gasteiger partial charge in [-0.2, -0.15) is 0 Å². The summed E-state index contributed by atoms with van der Waals surface area (Å²) in [7, 11) is 0. The molecular formula is C10H11BrCl2N2. The summed E-state index contributed by atoms with van der Waals surface area (Å²) in [6.07, 6.45) is 1.79. The molecule has 0 radical (unpaired) electrons. The summed E-state index contributed by atoms with van der Waals surface area (Å²) in [5.74, 6) is 0. The number of hydrogen-bond acceptors (Lipinski definition) is 2. The van der Waals surface area contributed by atoms with Gasteiger partial charge < -0.3 is 5.73 Å². The van der Waals surface area contributed by atoms with Crippen LogP contribution in [0.25, 0.3) is 10.8 Å². The van der Waals surface area contributed by atoms with E-state index in [2.05, 4.69) is 20.9 Å². The van der Waals surface area contributed by atoms with Gasteiger partial charge in [0.05, 0.1) is 5.69 Å². The van der Waals surface area contributed by atoms with Crippen molar-refractivity contribution in [1.82, 2.24) is 4.98 Å². The van der Waals surface area contributed by atoms with Gasteiger partial charge in [0, 0.05) is 22.6 Å². The monoisotopic (exact) mass is 308 g/mol. The molecule has 2 aromatic rings. The molecular weight excluding hydrogens is 299 g/mol. The fourth-order valence-electron chi connectivity index (χ4n) is 1.39. The molecule has 0 aliphatic rings. The second kappa shape index (κ2) is 6.28. The molecule has 1 heterocycles. The lowest BCUT2D eigenvalue weighted by Crippen LogP contribution is -1.99. The van der Waals surface area contributed by atoms with Crippen molar-refractivity contribution in [3.8, 4) is 0 Å². The average molecular weight is 310 g/mol. The van der Waals surface area contributed by atoms with Gasteiger partial charge in [-0.3, -0.25) is 4.98 Å². The van der Waals surface area contributed by atoms with Crippen LogP contribution in [0.2, 0.25) is 0 Å². The van der Waals surface area contributed by atoms with Crippen molar-refractivity contribution in [3.05, 3.63) is 40.6 Å². The number of nitrogens with zero attached hydrogens (tertiary/aromatic N) is 1. The first-order chi connectivity index (χ1) is 6.33. The predicted octanol–water partition coefficient (Wildman–Crippen LogP) is 3.30. The normalized spacial score (nSPS) is 9.20. The molecule has 0 aliphatic carbocycles. The molecule has 1 aromatic carbocycles. The molecule has 0 atom stereocenters. The van der Waals surface area contributed by atoms with Gasteiger partial charge in [0.25, 0.3) is 0 Å². The first-order valence-corrected chi connectivity index (χ1v) is 4.84. The summed E-state index contributed by atoms with van der Waals surface area (Å²) in [6.45, 7) is 0.480. The molecule has 0 aliphatic heterocycles. The summed E-state index contributed by atoms with van der Waals surface area (Å²) in [4.78, 5) is 4.22. The lowest BCUT2D eigenvalue weighted by molar-refractivity contribution is 1.01. The topological polar surface area (TPSA) is 38.9 Å². The van der Waals surface area contributed by atoms with Gasteiger partial charge in [0.15, 0.2) is 0 Å². The zero-order valence-electron chi connectivity index (χ0n) is 7.81. The predicted molar refractivity (Wildman–Crippen MR) is 71.8 cm³/mol. The minimum absolute atomic E-state index is 0. The number of rotatable bonds is 1. The van der Waals surface area contributed by atoms with Crippen LogP contribution in [-0.2, 0) is 6.54 Å². The maximum atomic E-state index is 5.59. The number of fused-ring (bicyclic) bond motifs is 1. The molecule has 5 heteroatoms. The maximum absolute atomic E-state index is 5.59. The lowest BCUT2D eigenvalue weighted by atomic mass is 10.1. The summed E-state index contributed by atoms with van der Waals surface area (Å²) < 4.78 is 1.09. The fourth-order valence-corrected chi connectivity index (χ4v) is 1.89. The summed E-state index contributed by atoms with van der Waals surface area (Å²) in [6, 6.07) is 8.03. The Morgan fingerprint density at radius 1 is 1.13 bits per heavy atom. The zero-order chi connectivity index (χ0) is 9.26. The van der Waals surface area contributed by atoms with E-state index in [1.165, 1.54) is 0 Å². The van der Waals surface area contributed by atoms with Crippen LogP contribution >= 0.6 is 40.7 Å². The van der Waals surface area contributed by atoms with Crippen molar-refractivity contribution in [2.45, 2.75) is 6.54 Å². The number of pyridine rings is 1. The molecule has 2 N–H and O–H groups in total. The van der Waals surface area contributed by atoms with Crippen LogP contribution < -0.4 is 5.73 Å². The van der Waals surface area contributed by atoms with Gasteiger partial charge in [-0.25, -0.2) is 0 Å². The van der Waals surface area contributed by atoms with Gasteiger partial charge >= 0.3 is 0 Å². The maximum Gasteiger partial charge on any atom is 0.0618 e. The van der Waals surface area contributed by atoms with E-state index >= 15 is 0 Å². The van der Waals surface area contributed by atoms with E-state index in [9.17, 15) is 0 Å². The van der Waals surface area contributed by atoms with Crippen LogP contribution in [0.15, 0.2) is 34.9 Å². The van der Waals surface area contributed by atoms with Gasteiger partial charge in [-0.15, -0.1) is 24.8 Å². The Morgan fingerprint density at radius 2 is 1.87 bits per heavy atom. The summed E-state index contributed by atoms with van der Waals surface area (Å²) in [5, 5.41) is 2.29. The van der Waals surface area contributed by atoms with Crippen molar-refractivity contribution in [1.29, 1.82) is 0 Å². The molecule has 2 nitrogen and oxygen atoms in total. The summed E-state index contributed by atoms with van der Waals surface area (Å²) in [5.41, 5.74) is 6.53. The Morgan fingerprint density at radius 3 is 2.53 bits per heavy atom. The number of nitrogens with two attached hydrogens (primary N) is 1. The smallest absolute Gasteiger partial charge is 0.0618 e. The minimum Gasteiger partial charge on any atom is -0.325 e. The Kier molecular flexibility index (Phi) is 6.13. The highest BCUT2D eigenvalue weighted by molar-refractivity contribution is 9.10. The third kappa shape index (κ3) is 2.82. The van der Waals surface area contributed by atoms with Crippen LogP contribution in [0.4, 0.5) is 0 Å². The molecule has 82 valence electrons. The Hall–Kier alpha value is -0.350. The summed E-state index contributed by atoms with van der Waals surface area (Å²) >= 11 is 3.49. The second-order valence-electron chi connectivity index (χ2n) is 2.80. The van der Waals surface area contributed by atoms with E-state index in [-0.39, 0.29) is 24.8 Å². The quantitative estimate of drug-likeness (QED) is 0.878. The lowest BCUT2D eigenvalue weighted by Gasteiger charge is -2.03. The Balaban J connectivity index is 0.000000980. The molecule has 0 unspecified atom stereocenters. The molecule has 15 heavy (non-hydrogen) atoms. The van der Waals surface area contributed by atoms with Crippen LogP contribution in [0.5, 0.6) is 0 Å². The van der Waals surface area contributed by atoms with E-state index in [4.69, 9.17) is 5.73 Å². The minimum atomic E-state index is 0. The fraction of sp³-hybridized carbons (Fsp3) is 0.100. The molecule has 1 aromatic heterocycles. The number of halogens is 3. The van der Waals surface area contributed by atoms with E-state index in [0.717, 1.165) is 20.9 Å². The highest BCUT2D eigenvalue weighted by atomic mass is 79.9. The van der Waals surface area contributed by atoms with Crippen molar-refractivity contribution in [3.63, 3.8) is 0 Å². The standard InChI is InChI=1S/C10H9BrN2.2ClH/c11-9-3-1-2-8-7(9)4-5-13-10(8)6-12;;/h1-5H,6,12H2;2*1H. The molecule has 0 fully saturated rings. The largest absolute Gasteiger partial charge is 0.325 e. The highest BCUT2D eigenvalue weighted by Crippen LogP contribution is 2.24. The Labute approximate surface area is 109 Å². The van der Waals surface area contributed by atoms with Gasteiger partial charge in [-0.05, 0) is 17.5 Å². The van der Waals surface area contributed by atoms with Crippen molar-refractivity contribution in [2.75, 3.05) is 0 Å². The first kappa shape index (κ1) is 14.6. The molecule has 0 amide bonds. The number of benzene rings is 1. The van der Waals surface area contributed by atoms with Crippen LogP contribution in [0, 0.1) is 0 Å². The van der Waals surface area contributed by atoms with Crippen LogP contribution in [0.1, 0.15) is 5.69 Å². The molecule has 0 bridgehead atoms. The van der Waals surface area contributed by atoms with Crippen molar-refractivity contribution < 1.29 is 0 Å². The van der Waals surface area contributed by atoms with Gasteiger partial charge in [-0.1, -0.05) is 28.1 Å². The van der Waals surface area contributed by atoms with E-state index in [0.29, 0.717) is 6.54 Å². The third-order valence-electron chi connectivity index (χ3n) is 2.03. The Bertz CT molecular complexity index is 448. The molecule has 2 rings (SSSR count). The van der Waals surface area contributed by atoms with E-state index in [1.807, 2.05) is 24.3 Å². The van der Waals surface area contributed by atoms with Gasteiger partial charge in [0.2, 0.25) is 0 Å². The van der Waals surface area contributed by atoms with Crippen LogP contribution in [-0.4, -0.2) is 4.98 Å². The second-order valence-corrected chi connectivity index (χ2v) is 3.65. The highest BCUT2D eigenvalue weighted by Gasteiger charge is 2.01. The molecule has 0 saturated heterocycles. The molecule has 0 spiro atoms. The van der Waals surface area contributed by atoms with Gasteiger partial charge in [0.1, 0.15) is 0 Å². The average Bonchev–Trinajstić information content (AvgIpc) is 2.18. The number of hydrogen-bond donors (Lipinski definition) is 1. The van der Waals surface area contributed by atoms with Crippen molar-refractivity contribution >= 4 is 51.5 Å².